The van der Waals surface area contributed by atoms with Crippen molar-refractivity contribution >= 4 is 35.3 Å². The minimum absolute atomic E-state index is 0.0442. The third-order valence-corrected chi connectivity index (χ3v) is 7.24. The lowest BCUT2D eigenvalue weighted by Gasteiger charge is -2.37. The van der Waals surface area contributed by atoms with Crippen LogP contribution in [-0.2, 0) is 17.8 Å². The largest absolute Gasteiger partial charge is 0.341 e. The molecule has 1 aromatic heterocycles. The average molecular weight is 521 g/mol. The monoisotopic (exact) mass is 520 g/mol. The number of likely N-dealkylation sites (tertiary alicyclic amines) is 1. The zero-order chi connectivity index (χ0) is 25.9. The SMILES string of the molecule is Cc1ncc2n1C(=O)N(C1CCN(C(=O)C(Cc3ccccc3)NC(=O)Nc3ccc(Cl)cc3)CC1)C2. The van der Waals surface area contributed by atoms with Crippen molar-refractivity contribution in [3.63, 3.8) is 0 Å². The number of imidazole rings is 1. The number of aryl methyl sites for hydroxylation is 1. The molecule has 3 heterocycles. The first-order chi connectivity index (χ1) is 17.9. The molecule has 37 heavy (non-hydrogen) atoms. The lowest BCUT2D eigenvalue weighted by atomic mass is 10.0. The molecule has 2 aliphatic heterocycles. The number of fused-ring (bicyclic) bond motifs is 1. The van der Waals surface area contributed by atoms with Gasteiger partial charge in [0.1, 0.15) is 11.9 Å². The van der Waals surface area contributed by atoms with Crippen LogP contribution in [0.2, 0.25) is 5.02 Å². The summed E-state index contributed by atoms with van der Waals surface area (Å²) in [5, 5.41) is 6.21. The van der Waals surface area contributed by atoms with E-state index < -0.39 is 12.1 Å². The van der Waals surface area contributed by atoms with Crippen LogP contribution in [0.25, 0.3) is 0 Å². The molecule has 1 atom stereocenters. The molecule has 2 aliphatic rings. The van der Waals surface area contributed by atoms with Crippen molar-refractivity contribution in [1.82, 2.24) is 24.7 Å². The second-order valence-corrected chi connectivity index (χ2v) is 9.88. The Morgan fingerprint density at radius 2 is 1.78 bits per heavy atom. The first-order valence-electron chi connectivity index (χ1n) is 12.4. The van der Waals surface area contributed by atoms with E-state index in [0.29, 0.717) is 55.4 Å². The van der Waals surface area contributed by atoms with E-state index in [1.54, 1.807) is 39.9 Å². The number of hydrogen-bond donors (Lipinski definition) is 2. The van der Waals surface area contributed by atoms with Crippen molar-refractivity contribution in [2.24, 2.45) is 0 Å². The molecule has 9 nitrogen and oxygen atoms in total. The quantitative estimate of drug-likeness (QED) is 0.512. The Morgan fingerprint density at radius 3 is 2.46 bits per heavy atom. The second-order valence-electron chi connectivity index (χ2n) is 9.45. The van der Waals surface area contributed by atoms with Crippen molar-refractivity contribution in [2.75, 3.05) is 18.4 Å². The second kappa shape index (κ2) is 10.6. The van der Waals surface area contributed by atoms with Crippen LogP contribution in [0.4, 0.5) is 15.3 Å². The van der Waals surface area contributed by atoms with Gasteiger partial charge in [-0.15, -0.1) is 0 Å². The van der Waals surface area contributed by atoms with E-state index >= 15 is 0 Å². The molecule has 0 saturated carbocycles. The van der Waals surface area contributed by atoms with E-state index in [-0.39, 0.29) is 18.0 Å². The summed E-state index contributed by atoms with van der Waals surface area (Å²) in [6.07, 6.45) is 3.49. The maximum absolute atomic E-state index is 13.6. The fourth-order valence-corrected chi connectivity index (χ4v) is 5.17. The highest BCUT2D eigenvalue weighted by molar-refractivity contribution is 6.30. The molecule has 1 fully saturated rings. The van der Waals surface area contributed by atoms with E-state index in [0.717, 1.165) is 11.3 Å². The highest BCUT2D eigenvalue weighted by Crippen LogP contribution is 2.26. The fourth-order valence-electron chi connectivity index (χ4n) is 5.05. The molecule has 3 aromatic rings. The Morgan fingerprint density at radius 1 is 1.08 bits per heavy atom. The predicted octanol–water partition coefficient (Wildman–Crippen LogP) is 4.05. The smallest absolute Gasteiger partial charge is 0.330 e. The summed E-state index contributed by atoms with van der Waals surface area (Å²) in [7, 11) is 0. The Labute approximate surface area is 220 Å². The van der Waals surface area contributed by atoms with Gasteiger partial charge in [0.05, 0.1) is 18.4 Å². The number of anilines is 1. The standard InChI is InChI=1S/C27H29ClN6O3/c1-18-29-16-23-17-33(27(37)34(18)23)22-11-13-32(14-12-22)25(35)24(15-19-5-3-2-4-6-19)31-26(36)30-21-9-7-20(28)8-10-21/h2-10,16,22,24H,11-15,17H2,1H3,(H2,30,31,36). The molecule has 2 aromatic carbocycles. The van der Waals surface area contributed by atoms with Crippen LogP contribution in [0.1, 0.15) is 29.9 Å². The van der Waals surface area contributed by atoms with E-state index in [4.69, 9.17) is 11.6 Å². The molecule has 4 amide bonds. The normalized spacial score (nSPS) is 16.4. The zero-order valence-electron chi connectivity index (χ0n) is 20.6. The zero-order valence-corrected chi connectivity index (χ0v) is 21.3. The number of nitrogens with one attached hydrogen (secondary N) is 2. The molecule has 0 bridgehead atoms. The van der Waals surface area contributed by atoms with E-state index in [1.165, 1.54) is 0 Å². The number of rotatable bonds is 6. The van der Waals surface area contributed by atoms with Gasteiger partial charge in [0.25, 0.3) is 0 Å². The highest BCUT2D eigenvalue weighted by Gasteiger charge is 2.37. The van der Waals surface area contributed by atoms with E-state index in [2.05, 4.69) is 15.6 Å². The number of amides is 4. The Balaban J connectivity index is 1.23. The van der Waals surface area contributed by atoms with Crippen LogP contribution >= 0.6 is 11.6 Å². The van der Waals surface area contributed by atoms with Gasteiger partial charge in [-0.3, -0.25) is 9.36 Å². The Hall–Kier alpha value is -3.85. The third kappa shape index (κ3) is 5.46. The molecule has 0 aliphatic carbocycles. The maximum atomic E-state index is 13.6. The molecule has 1 unspecified atom stereocenters. The minimum Gasteiger partial charge on any atom is -0.341 e. The van der Waals surface area contributed by atoms with Gasteiger partial charge in [-0.05, 0) is 49.6 Å². The summed E-state index contributed by atoms with van der Waals surface area (Å²) in [5.41, 5.74) is 2.44. The molecule has 2 N–H and O–H groups in total. The molecule has 0 radical (unpaired) electrons. The van der Waals surface area contributed by atoms with Gasteiger partial charge in [0, 0.05) is 36.3 Å². The van der Waals surface area contributed by atoms with Gasteiger partial charge in [-0.2, -0.15) is 0 Å². The first kappa shape index (κ1) is 24.8. The summed E-state index contributed by atoms with van der Waals surface area (Å²) in [5.74, 6) is 0.564. The number of urea groups is 1. The molecular weight excluding hydrogens is 492 g/mol. The number of halogens is 1. The van der Waals surface area contributed by atoms with Gasteiger partial charge in [0.2, 0.25) is 5.91 Å². The maximum Gasteiger partial charge on any atom is 0.330 e. The van der Waals surface area contributed by atoms with Gasteiger partial charge in [0.15, 0.2) is 0 Å². The van der Waals surface area contributed by atoms with Gasteiger partial charge in [-0.25, -0.2) is 14.6 Å². The molecule has 5 rings (SSSR count). The van der Waals surface area contributed by atoms with E-state index in [9.17, 15) is 14.4 Å². The molecule has 192 valence electrons. The number of nitrogens with zero attached hydrogens (tertiary/aromatic N) is 4. The van der Waals surface area contributed by atoms with Crippen molar-refractivity contribution in [3.8, 4) is 0 Å². The van der Waals surface area contributed by atoms with Gasteiger partial charge >= 0.3 is 12.1 Å². The van der Waals surface area contributed by atoms with Crippen LogP contribution in [0, 0.1) is 6.92 Å². The molecular formula is C27H29ClN6O3. The van der Waals surface area contributed by atoms with Crippen molar-refractivity contribution < 1.29 is 14.4 Å². The number of aromatic nitrogens is 2. The first-order valence-corrected chi connectivity index (χ1v) is 12.8. The van der Waals surface area contributed by atoms with Crippen LogP contribution in [0.15, 0.2) is 60.8 Å². The van der Waals surface area contributed by atoms with Gasteiger partial charge in [-0.1, -0.05) is 41.9 Å². The predicted molar refractivity (Wildman–Crippen MR) is 140 cm³/mol. The molecule has 10 heteroatoms. The average Bonchev–Trinajstić information content (AvgIpc) is 3.44. The van der Waals surface area contributed by atoms with Crippen LogP contribution < -0.4 is 10.6 Å². The van der Waals surface area contributed by atoms with Crippen molar-refractivity contribution in [2.45, 2.75) is 44.8 Å². The summed E-state index contributed by atoms with van der Waals surface area (Å²) in [4.78, 5) is 47.2. The number of piperidine rings is 1. The summed E-state index contributed by atoms with van der Waals surface area (Å²) in [6, 6.07) is 15.2. The lowest BCUT2D eigenvalue weighted by Crippen LogP contribution is -2.54. The van der Waals surface area contributed by atoms with Crippen LogP contribution in [0.3, 0.4) is 0 Å². The van der Waals surface area contributed by atoms with Crippen LogP contribution in [0.5, 0.6) is 0 Å². The Bertz CT molecular complexity index is 1290. The number of carbonyl (C=O) groups excluding carboxylic acids is 3. The summed E-state index contributed by atoms with van der Waals surface area (Å²) >= 11 is 5.93. The van der Waals surface area contributed by atoms with Crippen LogP contribution in [-0.4, -0.2) is 62.5 Å². The minimum atomic E-state index is -0.728. The van der Waals surface area contributed by atoms with E-state index in [1.807, 2.05) is 42.2 Å². The lowest BCUT2D eigenvalue weighted by molar-refractivity contribution is -0.134. The highest BCUT2D eigenvalue weighted by atomic mass is 35.5. The summed E-state index contributed by atoms with van der Waals surface area (Å²) in [6.45, 7) is 3.41. The topological polar surface area (TPSA) is 99.6 Å². The van der Waals surface area contributed by atoms with Gasteiger partial charge < -0.3 is 20.4 Å². The Kier molecular flexibility index (Phi) is 7.14. The summed E-state index contributed by atoms with van der Waals surface area (Å²) < 4.78 is 1.66. The molecule has 0 spiro atoms. The van der Waals surface area contributed by atoms with Crippen molar-refractivity contribution in [1.29, 1.82) is 0 Å². The van der Waals surface area contributed by atoms with Crippen molar-refractivity contribution in [3.05, 3.63) is 82.9 Å². The molecule has 1 saturated heterocycles. The fraction of sp³-hybridized carbons (Fsp3) is 0.333. The number of carbonyl (C=O) groups is 3. The number of benzene rings is 2. The third-order valence-electron chi connectivity index (χ3n) is 6.99. The number of hydrogen-bond acceptors (Lipinski definition) is 4.